The Morgan fingerprint density at radius 2 is 1.67 bits per heavy atom. The smallest absolute Gasteiger partial charge is 0.416 e. The molecule has 3 aromatic rings. The number of benzene rings is 3. The van der Waals surface area contributed by atoms with E-state index in [1.54, 1.807) is 23.9 Å². The van der Waals surface area contributed by atoms with Crippen LogP contribution in [0, 0.1) is 17.3 Å². The van der Waals surface area contributed by atoms with Crippen molar-refractivity contribution in [1.29, 1.82) is 0 Å². The van der Waals surface area contributed by atoms with Crippen LogP contribution in [-0.4, -0.2) is 47.1 Å². The summed E-state index contributed by atoms with van der Waals surface area (Å²) in [5, 5.41) is 21.3. The fourth-order valence-electron chi connectivity index (χ4n) is 8.77. The maximum absolute atomic E-state index is 12.8. The molecular formula is C38H46F3NO2S. The van der Waals surface area contributed by atoms with Crippen molar-refractivity contribution in [3.05, 3.63) is 100 Å². The fraction of sp³-hybridized carbons (Fsp3) is 0.526. The standard InChI is InChI=1S/C38H46F3NO2S/c1-37-23-33(36-31-15-13-30(43)22-28(31)10-14-32(36)34(37)16-17-35(37)44)27-8-4-25(5-9-27)18-20-42(2)19-3-21-45-24-26-6-11-29(12-7-26)38(39,40)41/h4-9,11-13,15,22,32-36,43-44H,3,10,14,16-21,23-24H2,1-2H3/t32-,33+,34-,35-,36+,37-/m0/s1. The number of alkyl halides is 3. The van der Waals surface area contributed by atoms with E-state index >= 15 is 0 Å². The van der Waals surface area contributed by atoms with Crippen molar-refractivity contribution < 1.29 is 23.4 Å². The zero-order chi connectivity index (χ0) is 31.8. The van der Waals surface area contributed by atoms with E-state index in [1.165, 1.54) is 34.4 Å². The number of aryl methyl sites for hydroxylation is 1. The third-order valence-corrected chi connectivity index (χ3v) is 12.3. The molecular weight excluding hydrogens is 591 g/mol. The van der Waals surface area contributed by atoms with E-state index in [4.69, 9.17) is 0 Å². The Morgan fingerprint density at radius 3 is 2.40 bits per heavy atom. The summed E-state index contributed by atoms with van der Waals surface area (Å²) in [6, 6.07) is 20.7. The van der Waals surface area contributed by atoms with Crippen LogP contribution in [0.3, 0.4) is 0 Å². The molecule has 7 heteroatoms. The molecule has 0 bridgehead atoms. The predicted octanol–water partition coefficient (Wildman–Crippen LogP) is 8.82. The van der Waals surface area contributed by atoms with Gasteiger partial charge >= 0.3 is 6.18 Å². The minimum Gasteiger partial charge on any atom is -0.508 e. The maximum Gasteiger partial charge on any atom is 0.416 e. The highest BCUT2D eigenvalue weighted by Crippen LogP contribution is 2.65. The van der Waals surface area contributed by atoms with Gasteiger partial charge in [0.25, 0.3) is 0 Å². The monoisotopic (exact) mass is 637 g/mol. The number of phenols is 1. The summed E-state index contributed by atoms with van der Waals surface area (Å²) in [7, 11) is 2.15. The number of nitrogens with zero attached hydrogens (tertiary/aromatic N) is 1. The van der Waals surface area contributed by atoms with Crippen LogP contribution in [0.4, 0.5) is 13.2 Å². The number of rotatable bonds is 10. The van der Waals surface area contributed by atoms with Crippen LogP contribution in [0.15, 0.2) is 66.7 Å². The number of aromatic hydroxyl groups is 1. The number of aliphatic hydroxyl groups excluding tert-OH is 1. The second-order valence-corrected chi connectivity index (χ2v) is 15.1. The minimum absolute atomic E-state index is 0.0440. The molecule has 3 nitrogen and oxygen atoms in total. The molecule has 0 heterocycles. The first-order valence-corrected chi connectivity index (χ1v) is 17.7. The highest BCUT2D eigenvalue weighted by Gasteiger charge is 2.57. The molecule has 0 aromatic heterocycles. The van der Waals surface area contributed by atoms with E-state index in [9.17, 15) is 23.4 Å². The summed E-state index contributed by atoms with van der Waals surface area (Å²) in [5.41, 5.74) is 5.68. The van der Waals surface area contributed by atoms with E-state index in [2.05, 4.69) is 49.2 Å². The fourth-order valence-corrected chi connectivity index (χ4v) is 9.68. The molecule has 242 valence electrons. The molecule has 3 aliphatic carbocycles. The lowest BCUT2D eigenvalue weighted by atomic mass is 9.51. The van der Waals surface area contributed by atoms with E-state index in [0.29, 0.717) is 29.4 Å². The molecule has 0 aliphatic heterocycles. The normalized spacial score (nSPS) is 27.7. The van der Waals surface area contributed by atoms with E-state index in [-0.39, 0.29) is 11.5 Å². The molecule has 3 aliphatic rings. The third kappa shape index (κ3) is 6.96. The quantitative estimate of drug-likeness (QED) is 0.218. The number of thioether (sulfide) groups is 1. The summed E-state index contributed by atoms with van der Waals surface area (Å²) in [6.45, 7) is 4.29. The van der Waals surface area contributed by atoms with Crippen LogP contribution in [0.5, 0.6) is 5.75 Å². The first-order chi connectivity index (χ1) is 21.5. The van der Waals surface area contributed by atoms with Crippen LogP contribution >= 0.6 is 11.8 Å². The Balaban J connectivity index is 1.03. The van der Waals surface area contributed by atoms with Crippen molar-refractivity contribution in [3.8, 4) is 5.75 Å². The van der Waals surface area contributed by atoms with Gasteiger partial charge in [-0.15, -0.1) is 0 Å². The summed E-state index contributed by atoms with van der Waals surface area (Å²) in [5.74, 6) is 3.94. The van der Waals surface area contributed by atoms with Gasteiger partial charge in [0.05, 0.1) is 11.7 Å². The highest BCUT2D eigenvalue weighted by molar-refractivity contribution is 7.98. The Hall–Kier alpha value is -2.48. The van der Waals surface area contributed by atoms with Gasteiger partial charge in [-0.3, -0.25) is 0 Å². The molecule has 2 saturated carbocycles. The minimum atomic E-state index is -4.28. The number of fused-ring (bicyclic) bond motifs is 5. The Bertz CT molecular complexity index is 1440. The van der Waals surface area contributed by atoms with Gasteiger partial charge in [-0.2, -0.15) is 24.9 Å². The van der Waals surface area contributed by atoms with Crippen LogP contribution in [0.1, 0.15) is 84.2 Å². The van der Waals surface area contributed by atoms with E-state index in [1.807, 2.05) is 12.1 Å². The summed E-state index contributed by atoms with van der Waals surface area (Å²) in [4.78, 5) is 2.36. The summed E-state index contributed by atoms with van der Waals surface area (Å²) < 4.78 is 38.3. The summed E-state index contributed by atoms with van der Waals surface area (Å²) in [6.07, 6.45) is 2.65. The number of hydrogen-bond acceptors (Lipinski definition) is 4. The van der Waals surface area contributed by atoms with E-state index in [0.717, 1.165) is 75.1 Å². The van der Waals surface area contributed by atoms with Crippen LogP contribution < -0.4 is 0 Å². The predicted molar refractivity (Wildman–Crippen MR) is 177 cm³/mol. The second-order valence-electron chi connectivity index (χ2n) is 14.0. The largest absolute Gasteiger partial charge is 0.508 e. The van der Waals surface area contributed by atoms with Crippen molar-refractivity contribution in [2.24, 2.45) is 17.3 Å². The van der Waals surface area contributed by atoms with Gasteiger partial charge in [-0.25, -0.2) is 0 Å². The van der Waals surface area contributed by atoms with Crippen molar-refractivity contribution in [3.63, 3.8) is 0 Å². The van der Waals surface area contributed by atoms with Crippen molar-refractivity contribution >= 4 is 11.8 Å². The number of likely N-dealkylation sites (N-methyl/N-ethyl adjacent to an activating group) is 1. The number of phenolic OH excluding ortho intramolecular Hbond substituents is 1. The van der Waals surface area contributed by atoms with Gasteiger partial charge in [0.15, 0.2) is 0 Å². The zero-order valence-corrected chi connectivity index (χ0v) is 27.2. The van der Waals surface area contributed by atoms with Crippen molar-refractivity contribution in [1.82, 2.24) is 4.90 Å². The van der Waals surface area contributed by atoms with Gasteiger partial charge in [0.2, 0.25) is 0 Å². The Morgan fingerprint density at radius 1 is 0.933 bits per heavy atom. The van der Waals surface area contributed by atoms with Gasteiger partial charge in [-0.1, -0.05) is 49.4 Å². The Kier molecular flexibility index (Phi) is 9.61. The van der Waals surface area contributed by atoms with Crippen molar-refractivity contribution in [2.75, 3.05) is 25.9 Å². The van der Waals surface area contributed by atoms with Gasteiger partial charge in [-0.05, 0) is 145 Å². The zero-order valence-electron chi connectivity index (χ0n) is 26.4. The number of aliphatic hydroxyl groups is 1. The number of hydrogen-bond donors (Lipinski definition) is 2. The molecule has 45 heavy (non-hydrogen) atoms. The molecule has 6 atom stereocenters. The average molecular weight is 638 g/mol. The van der Waals surface area contributed by atoms with Crippen molar-refractivity contribution in [2.45, 2.75) is 81.7 Å². The molecule has 0 unspecified atom stereocenters. The SMILES string of the molecule is CN(CCCSCc1ccc(C(F)(F)F)cc1)CCc1ccc([C@H]2C[C@]3(C)[C@@H](O)CC[C@H]3[C@@H]3CCc4cc(O)ccc4[C@H]32)cc1. The topological polar surface area (TPSA) is 43.7 Å². The lowest BCUT2D eigenvalue weighted by Crippen LogP contribution is -2.47. The molecule has 3 aromatic carbocycles. The van der Waals surface area contributed by atoms with Crippen LogP contribution in [0.2, 0.25) is 0 Å². The molecule has 0 spiro atoms. The average Bonchev–Trinajstić information content (AvgIpc) is 3.32. The van der Waals surface area contributed by atoms with Gasteiger partial charge in [0, 0.05) is 12.3 Å². The molecule has 2 N–H and O–H groups in total. The molecule has 0 saturated heterocycles. The maximum atomic E-state index is 12.8. The molecule has 0 amide bonds. The lowest BCUT2D eigenvalue weighted by Gasteiger charge is -2.54. The van der Waals surface area contributed by atoms with Crippen LogP contribution in [0.25, 0.3) is 0 Å². The third-order valence-electron chi connectivity index (χ3n) is 11.2. The van der Waals surface area contributed by atoms with Crippen LogP contribution in [-0.2, 0) is 24.8 Å². The molecule has 2 fully saturated rings. The van der Waals surface area contributed by atoms with Gasteiger partial charge < -0.3 is 15.1 Å². The number of halogens is 3. The molecule has 6 rings (SSSR count). The molecule has 0 radical (unpaired) electrons. The first kappa shape index (κ1) is 32.5. The summed E-state index contributed by atoms with van der Waals surface area (Å²) >= 11 is 1.77. The lowest BCUT2D eigenvalue weighted by molar-refractivity contribution is -0.137. The Labute approximate surface area is 270 Å². The first-order valence-electron chi connectivity index (χ1n) is 16.5. The van der Waals surface area contributed by atoms with Gasteiger partial charge in [0.1, 0.15) is 5.75 Å². The second kappa shape index (κ2) is 13.3. The highest BCUT2D eigenvalue weighted by atomic mass is 32.2. The van der Waals surface area contributed by atoms with E-state index < -0.39 is 11.7 Å².